The summed E-state index contributed by atoms with van der Waals surface area (Å²) in [6, 6.07) is -0.921. The summed E-state index contributed by atoms with van der Waals surface area (Å²) in [5, 5.41) is 8.59. The van der Waals surface area contributed by atoms with Crippen LogP contribution in [0.3, 0.4) is 0 Å². The maximum Gasteiger partial charge on any atom is 0.392 e. The lowest BCUT2D eigenvalue weighted by Crippen LogP contribution is -2.31. The molecule has 0 amide bonds. The zero-order valence-electron chi connectivity index (χ0n) is 11.4. The van der Waals surface area contributed by atoms with Crippen molar-refractivity contribution in [3.05, 3.63) is 0 Å². The molecule has 118 valence electrons. The van der Waals surface area contributed by atoms with E-state index in [4.69, 9.17) is 10.8 Å². The van der Waals surface area contributed by atoms with Crippen LogP contribution in [0.4, 0.5) is 13.2 Å². The van der Waals surface area contributed by atoms with Crippen molar-refractivity contribution in [1.82, 2.24) is 0 Å². The van der Waals surface area contributed by atoms with Crippen LogP contribution < -0.4 is 5.73 Å². The van der Waals surface area contributed by atoms with E-state index in [2.05, 4.69) is 0 Å². The Morgan fingerprint density at radius 1 is 1.25 bits per heavy atom. The molecule has 1 fully saturated rings. The van der Waals surface area contributed by atoms with Gasteiger partial charge in [0, 0.05) is 0 Å². The molecule has 0 spiro atoms. The molecule has 0 saturated heterocycles. The first-order valence-electron chi connectivity index (χ1n) is 6.95. The topological polar surface area (TPSA) is 63.3 Å². The normalized spacial score (nSPS) is 20.0. The van der Waals surface area contributed by atoms with Gasteiger partial charge in [0.15, 0.2) is 0 Å². The van der Waals surface area contributed by atoms with Gasteiger partial charge in [-0.15, -0.1) is 0 Å². The highest BCUT2D eigenvalue weighted by Crippen LogP contribution is 2.42. The van der Waals surface area contributed by atoms with Crippen LogP contribution in [0, 0.1) is 11.8 Å². The number of carboxylic acid groups (broad SMARTS) is 1. The van der Waals surface area contributed by atoms with Crippen molar-refractivity contribution >= 4 is 17.7 Å². The average Bonchev–Trinajstić information content (AvgIpc) is 2.84. The van der Waals surface area contributed by atoms with Gasteiger partial charge in [-0.1, -0.05) is 12.8 Å². The molecule has 2 unspecified atom stereocenters. The third-order valence-corrected chi connectivity index (χ3v) is 4.90. The van der Waals surface area contributed by atoms with Gasteiger partial charge in [0.05, 0.1) is 5.92 Å². The summed E-state index contributed by atoms with van der Waals surface area (Å²) in [6.45, 7) is 0. The summed E-state index contributed by atoms with van der Waals surface area (Å²) < 4.78 is 39.0. The largest absolute Gasteiger partial charge is 0.480 e. The van der Waals surface area contributed by atoms with Gasteiger partial charge in [0.2, 0.25) is 0 Å². The van der Waals surface area contributed by atoms with E-state index in [0.29, 0.717) is 30.8 Å². The van der Waals surface area contributed by atoms with Gasteiger partial charge in [-0.25, -0.2) is 0 Å². The Morgan fingerprint density at radius 3 is 2.30 bits per heavy atom. The smallest absolute Gasteiger partial charge is 0.392 e. The number of hydrogen-bond acceptors (Lipinski definition) is 3. The minimum atomic E-state index is -4.12. The maximum atomic E-state index is 13.0. The van der Waals surface area contributed by atoms with E-state index >= 15 is 0 Å². The number of nitrogens with two attached hydrogens (primary N) is 1. The van der Waals surface area contributed by atoms with Crippen LogP contribution in [-0.4, -0.2) is 34.8 Å². The Labute approximate surface area is 121 Å². The fourth-order valence-corrected chi connectivity index (χ4v) is 3.72. The van der Waals surface area contributed by atoms with Crippen molar-refractivity contribution in [1.29, 1.82) is 0 Å². The summed E-state index contributed by atoms with van der Waals surface area (Å²) in [6.07, 6.45) is -0.540. The fraction of sp³-hybridized carbons (Fsp3) is 0.923. The summed E-state index contributed by atoms with van der Waals surface area (Å²) in [4.78, 5) is 10.5. The minimum absolute atomic E-state index is 0.126. The molecule has 1 saturated carbocycles. The Morgan fingerprint density at radius 2 is 1.80 bits per heavy atom. The van der Waals surface area contributed by atoms with Crippen LogP contribution in [0.1, 0.15) is 38.5 Å². The highest BCUT2D eigenvalue weighted by molar-refractivity contribution is 7.99. The molecule has 1 aliphatic carbocycles. The minimum Gasteiger partial charge on any atom is -0.480 e. The van der Waals surface area contributed by atoms with Crippen molar-refractivity contribution in [2.24, 2.45) is 17.6 Å². The van der Waals surface area contributed by atoms with E-state index in [-0.39, 0.29) is 12.3 Å². The van der Waals surface area contributed by atoms with Crippen LogP contribution in [-0.2, 0) is 4.79 Å². The number of carbonyl (C=O) groups is 1. The van der Waals surface area contributed by atoms with Crippen molar-refractivity contribution in [3.8, 4) is 0 Å². The highest BCUT2D eigenvalue weighted by atomic mass is 32.2. The van der Waals surface area contributed by atoms with Crippen molar-refractivity contribution in [3.63, 3.8) is 0 Å². The van der Waals surface area contributed by atoms with Gasteiger partial charge in [0.1, 0.15) is 6.04 Å². The van der Waals surface area contributed by atoms with Crippen LogP contribution in [0.25, 0.3) is 0 Å². The zero-order valence-corrected chi connectivity index (χ0v) is 12.2. The molecule has 0 aromatic carbocycles. The molecule has 0 heterocycles. The molecule has 1 rings (SSSR count). The number of halogens is 3. The van der Waals surface area contributed by atoms with Crippen molar-refractivity contribution < 1.29 is 23.1 Å². The lowest BCUT2D eigenvalue weighted by atomic mass is 9.88. The maximum absolute atomic E-state index is 13.0. The van der Waals surface area contributed by atoms with Gasteiger partial charge in [-0.3, -0.25) is 4.79 Å². The Kier molecular flexibility index (Phi) is 7.15. The third kappa shape index (κ3) is 5.91. The second kappa shape index (κ2) is 8.12. The van der Waals surface area contributed by atoms with Crippen molar-refractivity contribution in [2.75, 3.05) is 11.5 Å². The van der Waals surface area contributed by atoms with Gasteiger partial charge < -0.3 is 10.8 Å². The summed E-state index contributed by atoms with van der Waals surface area (Å²) in [5.41, 5.74) is 5.33. The number of carboxylic acids is 1. The number of hydrogen-bond donors (Lipinski definition) is 2. The number of thioether (sulfide) groups is 1. The Balaban J connectivity index is 2.27. The Hall–Kier alpha value is -0.430. The van der Waals surface area contributed by atoms with Crippen molar-refractivity contribution in [2.45, 2.75) is 50.7 Å². The van der Waals surface area contributed by atoms with E-state index in [0.717, 1.165) is 12.8 Å². The second-order valence-corrected chi connectivity index (χ2v) is 6.55. The molecule has 0 aromatic heterocycles. The monoisotopic (exact) mass is 313 g/mol. The first kappa shape index (κ1) is 17.6. The summed E-state index contributed by atoms with van der Waals surface area (Å²) >= 11 is 1.36. The first-order chi connectivity index (χ1) is 9.32. The average molecular weight is 313 g/mol. The van der Waals surface area contributed by atoms with E-state index < -0.39 is 24.1 Å². The van der Waals surface area contributed by atoms with Crippen LogP contribution >= 0.6 is 11.8 Å². The standard InChI is InChI=1S/C13H22F3NO2S/c14-13(15,16)10(9-3-1-2-4-9)5-7-20-8-6-11(17)12(18)19/h9-11H,1-8,17H2,(H,18,19). The second-order valence-electron chi connectivity index (χ2n) is 5.33. The van der Waals surface area contributed by atoms with E-state index in [1.807, 2.05) is 0 Å². The first-order valence-corrected chi connectivity index (χ1v) is 8.10. The number of aliphatic carboxylic acids is 1. The Bertz CT molecular complexity index is 306. The molecule has 2 atom stereocenters. The van der Waals surface area contributed by atoms with Crippen LogP contribution in [0.5, 0.6) is 0 Å². The van der Waals surface area contributed by atoms with E-state index in [1.54, 1.807) is 0 Å². The number of rotatable bonds is 8. The predicted octanol–water partition coefficient (Wildman–Crippen LogP) is 3.28. The quantitative estimate of drug-likeness (QED) is 0.675. The molecule has 0 aromatic rings. The highest BCUT2D eigenvalue weighted by Gasteiger charge is 2.44. The molecule has 0 bridgehead atoms. The molecule has 0 radical (unpaired) electrons. The number of alkyl halides is 3. The molecule has 0 aliphatic heterocycles. The molecule has 20 heavy (non-hydrogen) atoms. The van der Waals surface area contributed by atoms with Gasteiger partial charge in [-0.2, -0.15) is 24.9 Å². The SMILES string of the molecule is NC(CCSCCC(C1CCCC1)C(F)(F)F)C(=O)O. The molecule has 1 aliphatic rings. The fourth-order valence-electron chi connectivity index (χ4n) is 2.67. The van der Waals surface area contributed by atoms with E-state index in [9.17, 15) is 18.0 Å². The van der Waals surface area contributed by atoms with Gasteiger partial charge in [0.25, 0.3) is 0 Å². The van der Waals surface area contributed by atoms with Gasteiger partial charge >= 0.3 is 12.1 Å². The molecular formula is C13H22F3NO2S. The van der Waals surface area contributed by atoms with Crippen LogP contribution in [0.2, 0.25) is 0 Å². The van der Waals surface area contributed by atoms with E-state index in [1.165, 1.54) is 11.8 Å². The predicted molar refractivity (Wildman–Crippen MR) is 73.7 cm³/mol. The van der Waals surface area contributed by atoms with Crippen LogP contribution in [0.15, 0.2) is 0 Å². The molecule has 3 N–H and O–H groups in total. The third-order valence-electron chi connectivity index (χ3n) is 3.85. The lowest BCUT2D eigenvalue weighted by molar-refractivity contribution is -0.188. The summed E-state index contributed by atoms with van der Waals surface area (Å²) in [7, 11) is 0. The zero-order chi connectivity index (χ0) is 15.2. The molecule has 7 heteroatoms. The lowest BCUT2D eigenvalue weighted by Gasteiger charge is -2.25. The van der Waals surface area contributed by atoms with Gasteiger partial charge in [-0.05, 0) is 43.1 Å². The molecular weight excluding hydrogens is 291 g/mol. The molecule has 3 nitrogen and oxygen atoms in total. The summed E-state index contributed by atoms with van der Waals surface area (Å²) in [5.74, 6) is -1.59.